The minimum Gasteiger partial charge on any atom is -0.352 e. The lowest BCUT2D eigenvalue weighted by atomic mass is 10.2. The maximum atomic E-state index is 11.9. The van der Waals surface area contributed by atoms with Crippen LogP contribution in [-0.4, -0.2) is 23.3 Å². The van der Waals surface area contributed by atoms with Crippen molar-refractivity contribution in [2.24, 2.45) is 0 Å². The molecule has 2 heterocycles. The molecule has 0 fully saturated rings. The first-order valence-corrected chi connectivity index (χ1v) is 9.42. The lowest BCUT2D eigenvalue weighted by Crippen LogP contribution is -2.25. The van der Waals surface area contributed by atoms with Crippen molar-refractivity contribution in [3.63, 3.8) is 0 Å². The number of halogens is 1. The van der Waals surface area contributed by atoms with Crippen molar-refractivity contribution in [2.45, 2.75) is 12.8 Å². The lowest BCUT2D eigenvalue weighted by molar-refractivity contribution is -0.116. The molecule has 3 rings (SSSR count). The lowest BCUT2D eigenvalue weighted by Gasteiger charge is -2.04. The molecule has 1 aromatic carbocycles. The standard InChI is InChI=1S/C16H14ClN3O2S2/c17-11-3-4-12-13(8-11)24-16(19-12)20-14(21)2-1-6-18-15(22)10-5-7-23-9-10/h3-5,7-9H,1-2,6H2,(H,18,22)(H,19,20,21). The Kier molecular flexibility index (Phi) is 5.44. The van der Waals surface area contributed by atoms with Crippen molar-refractivity contribution in [1.82, 2.24) is 10.3 Å². The SMILES string of the molecule is O=C(CCCNC(=O)c1ccsc1)Nc1nc2ccc(Cl)cc2s1. The molecular weight excluding hydrogens is 366 g/mol. The van der Waals surface area contributed by atoms with Gasteiger partial charge in [0.05, 0.1) is 10.2 Å². The van der Waals surface area contributed by atoms with Gasteiger partial charge in [0.25, 0.3) is 5.91 Å². The summed E-state index contributed by atoms with van der Waals surface area (Å²) in [5.74, 6) is -0.232. The molecule has 2 N–H and O–H groups in total. The van der Waals surface area contributed by atoms with E-state index in [4.69, 9.17) is 11.6 Å². The Morgan fingerprint density at radius 1 is 1.25 bits per heavy atom. The highest BCUT2D eigenvalue weighted by molar-refractivity contribution is 7.22. The number of fused-ring (bicyclic) bond motifs is 1. The van der Waals surface area contributed by atoms with E-state index >= 15 is 0 Å². The van der Waals surface area contributed by atoms with Crippen molar-refractivity contribution in [3.8, 4) is 0 Å². The van der Waals surface area contributed by atoms with Gasteiger partial charge in [0.15, 0.2) is 5.13 Å². The van der Waals surface area contributed by atoms with Gasteiger partial charge < -0.3 is 10.6 Å². The number of nitrogens with zero attached hydrogens (tertiary/aromatic N) is 1. The molecule has 2 aromatic heterocycles. The first kappa shape index (κ1) is 16.9. The Balaban J connectivity index is 1.44. The van der Waals surface area contributed by atoms with Crippen LogP contribution in [0, 0.1) is 0 Å². The van der Waals surface area contributed by atoms with Crippen LogP contribution in [0.1, 0.15) is 23.2 Å². The average molecular weight is 380 g/mol. The summed E-state index contributed by atoms with van der Waals surface area (Å²) in [6.07, 6.45) is 0.888. The van der Waals surface area contributed by atoms with E-state index in [0.717, 1.165) is 10.2 Å². The van der Waals surface area contributed by atoms with Gasteiger partial charge in [-0.2, -0.15) is 11.3 Å². The van der Waals surface area contributed by atoms with E-state index in [9.17, 15) is 9.59 Å². The highest BCUT2D eigenvalue weighted by atomic mass is 35.5. The van der Waals surface area contributed by atoms with Gasteiger partial charge >= 0.3 is 0 Å². The quantitative estimate of drug-likeness (QED) is 0.632. The summed E-state index contributed by atoms with van der Waals surface area (Å²) in [7, 11) is 0. The molecule has 0 aliphatic carbocycles. The van der Waals surface area contributed by atoms with Crippen LogP contribution >= 0.6 is 34.3 Å². The average Bonchev–Trinajstić information content (AvgIpc) is 3.20. The zero-order valence-corrected chi connectivity index (χ0v) is 14.9. The minimum atomic E-state index is -0.120. The number of carbonyl (C=O) groups excluding carboxylic acids is 2. The summed E-state index contributed by atoms with van der Waals surface area (Å²) in [4.78, 5) is 28.0. The molecule has 2 amide bonds. The van der Waals surface area contributed by atoms with Gasteiger partial charge in [0.2, 0.25) is 5.91 Å². The number of aromatic nitrogens is 1. The van der Waals surface area contributed by atoms with Crippen LogP contribution in [-0.2, 0) is 4.79 Å². The maximum Gasteiger partial charge on any atom is 0.252 e. The molecule has 0 radical (unpaired) electrons. The van der Waals surface area contributed by atoms with Crippen molar-refractivity contribution in [3.05, 3.63) is 45.6 Å². The summed E-state index contributed by atoms with van der Waals surface area (Å²) >= 11 is 8.80. The monoisotopic (exact) mass is 379 g/mol. The summed E-state index contributed by atoms with van der Waals surface area (Å²) in [5, 5.41) is 10.4. The van der Waals surface area contributed by atoms with E-state index in [1.165, 1.54) is 22.7 Å². The van der Waals surface area contributed by atoms with Gasteiger partial charge in [-0.3, -0.25) is 9.59 Å². The molecular formula is C16H14ClN3O2S2. The van der Waals surface area contributed by atoms with Crippen LogP contribution in [0.15, 0.2) is 35.0 Å². The smallest absolute Gasteiger partial charge is 0.252 e. The van der Waals surface area contributed by atoms with Gasteiger partial charge in [-0.05, 0) is 36.1 Å². The Hall–Kier alpha value is -1.96. The predicted molar refractivity (Wildman–Crippen MR) is 99.1 cm³/mol. The summed E-state index contributed by atoms with van der Waals surface area (Å²) < 4.78 is 0.931. The molecule has 0 saturated carbocycles. The number of hydrogen-bond acceptors (Lipinski definition) is 5. The second kappa shape index (κ2) is 7.74. The van der Waals surface area contributed by atoms with E-state index in [-0.39, 0.29) is 11.8 Å². The molecule has 124 valence electrons. The van der Waals surface area contributed by atoms with Crippen LogP contribution in [0.4, 0.5) is 5.13 Å². The van der Waals surface area contributed by atoms with Gasteiger partial charge in [-0.25, -0.2) is 4.98 Å². The van der Waals surface area contributed by atoms with E-state index in [2.05, 4.69) is 15.6 Å². The zero-order valence-electron chi connectivity index (χ0n) is 12.5. The van der Waals surface area contributed by atoms with E-state index in [0.29, 0.717) is 35.1 Å². The molecule has 8 heteroatoms. The van der Waals surface area contributed by atoms with Gasteiger partial charge in [-0.15, -0.1) is 0 Å². The molecule has 0 bridgehead atoms. The minimum absolute atomic E-state index is 0.111. The van der Waals surface area contributed by atoms with Crippen molar-refractivity contribution < 1.29 is 9.59 Å². The fourth-order valence-corrected chi connectivity index (χ4v) is 3.87. The van der Waals surface area contributed by atoms with Gasteiger partial charge in [0.1, 0.15) is 0 Å². The number of hydrogen-bond donors (Lipinski definition) is 2. The van der Waals surface area contributed by atoms with Crippen molar-refractivity contribution in [2.75, 3.05) is 11.9 Å². The van der Waals surface area contributed by atoms with Crippen molar-refractivity contribution in [1.29, 1.82) is 0 Å². The van der Waals surface area contributed by atoms with Crippen LogP contribution in [0.2, 0.25) is 5.02 Å². The molecule has 0 aliphatic rings. The molecule has 0 saturated heterocycles. The van der Waals surface area contributed by atoms with E-state index in [1.54, 1.807) is 17.5 Å². The van der Waals surface area contributed by atoms with Crippen LogP contribution in [0.5, 0.6) is 0 Å². The fraction of sp³-hybridized carbons (Fsp3) is 0.188. The van der Waals surface area contributed by atoms with Crippen LogP contribution in [0.3, 0.4) is 0 Å². The van der Waals surface area contributed by atoms with Gasteiger partial charge in [0, 0.05) is 28.9 Å². The molecule has 5 nitrogen and oxygen atoms in total. The molecule has 0 atom stereocenters. The van der Waals surface area contributed by atoms with Crippen LogP contribution in [0.25, 0.3) is 10.2 Å². The third kappa shape index (κ3) is 4.31. The number of nitrogens with one attached hydrogen (secondary N) is 2. The normalized spacial score (nSPS) is 10.7. The molecule has 3 aromatic rings. The summed E-state index contributed by atoms with van der Waals surface area (Å²) in [6.45, 7) is 0.456. The number of amides is 2. The van der Waals surface area contributed by atoms with Gasteiger partial charge in [-0.1, -0.05) is 22.9 Å². The van der Waals surface area contributed by atoms with E-state index in [1.807, 2.05) is 17.5 Å². The molecule has 0 unspecified atom stereocenters. The van der Waals surface area contributed by atoms with Crippen molar-refractivity contribution >= 4 is 61.4 Å². The first-order chi connectivity index (χ1) is 11.6. The number of thiazole rings is 1. The van der Waals surface area contributed by atoms with E-state index < -0.39 is 0 Å². The highest BCUT2D eigenvalue weighted by Crippen LogP contribution is 2.28. The largest absolute Gasteiger partial charge is 0.352 e. The number of anilines is 1. The molecule has 24 heavy (non-hydrogen) atoms. The van der Waals surface area contributed by atoms with Crippen LogP contribution < -0.4 is 10.6 Å². The fourth-order valence-electron chi connectivity index (χ4n) is 2.08. The second-order valence-electron chi connectivity index (χ2n) is 5.05. The molecule has 0 spiro atoms. The highest BCUT2D eigenvalue weighted by Gasteiger charge is 2.09. The Bertz CT molecular complexity index is 861. The Morgan fingerprint density at radius 2 is 2.12 bits per heavy atom. The number of carbonyl (C=O) groups is 2. The second-order valence-corrected chi connectivity index (χ2v) is 7.30. The number of benzene rings is 1. The predicted octanol–water partition coefficient (Wildman–Crippen LogP) is 4.16. The summed E-state index contributed by atoms with van der Waals surface area (Å²) in [6, 6.07) is 7.19. The maximum absolute atomic E-state index is 11.9. The zero-order chi connectivity index (χ0) is 16.9. The first-order valence-electron chi connectivity index (χ1n) is 7.28. The third-order valence-electron chi connectivity index (χ3n) is 3.25. The topological polar surface area (TPSA) is 71.1 Å². The molecule has 0 aliphatic heterocycles. The summed E-state index contributed by atoms with van der Waals surface area (Å²) in [5.41, 5.74) is 1.46. The number of rotatable bonds is 6. The Labute approximate surface area is 151 Å². The Morgan fingerprint density at radius 3 is 2.92 bits per heavy atom. The third-order valence-corrected chi connectivity index (χ3v) is 5.10. The number of thiophene rings is 1.